The molecular formula is C8H18O2. The molecule has 2 nitrogen and oxygen atoms in total. The van der Waals surface area contributed by atoms with Crippen molar-refractivity contribution < 1.29 is 10.2 Å². The molecule has 0 aromatic heterocycles. The molecule has 0 radical (unpaired) electrons. The standard InChI is InChI=1S/C8H18O2/c1-4-5-8(3,10)6-7(2)9/h7,9-10H,4-6H2,1-3H3. The molecule has 0 saturated heterocycles. The highest BCUT2D eigenvalue weighted by Gasteiger charge is 2.20. The van der Waals surface area contributed by atoms with E-state index < -0.39 is 11.7 Å². The number of hydrogen-bond acceptors (Lipinski definition) is 2. The Labute approximate surface area is 62.9 Å². The monoisotopic (exact) mass is 146 g/mol. The minimum Gasteiger partial charge on any atom is -0.393 e. The molecule has 62 valence electrons. The molecule has 0 aromatic rings. The molecule has 2 atom stereocenters. The lowest BCUT2D eigenvalue weighted by Crippen LogP contribution is -2.28. The van der Waals surface area contributed by atoms with Crippen molar-refractivity contribution in [1.82, 2.24) is 0 Å². The maximum absolute atomic E-state index is 9.52. The largest absolute Gasteiger partial charge is 0.393 e. The van der Waals surface area contributed by atoms with Crippen LogP contribution in [0.2, 0.25) is 0 Å². The number of aliphatic hydroxyl groups excluding tert-OH is 1. The van der Waals surface area contributed by atoms with Crippen molar-refractivity contribution in [3.63, 3.8) is 0 Å². The molecule has 0 aliphatic carbocycles. The quantitative estimate of drug-likeness (QED) is 0.627. The summed E-state index contributed by atoms with van der Waals surface area (Å²) in [6.07, 6.45) is 1.79. The molecule has 10 heavy (non-hydrogen) atoms. The first kappa shape index (κ1) is 9.92. The molecule has 0 fully saturated rings. The lowest BCUT2D eigenvalue weighted by Gasteiger charge is -2.23. The summed E-state index contributed by atoms with van der Waals surface area (Å²) < 4.78 is 0. The van der Waals surface area contributed by atoms with Gasteiger partial charge in [-0.2, -0.15) is 0 Å². The van der Waals surface area contributed by atoms with Gasteiger partial charge in [-0.25, -0.2) is 0 Å². The van der Waals surface area contributed by atoms with Crippen molar-refractivity contribution >= 4 is 0 Å². The van der Waals surface area contributed by atoms with E-state index in [1.807, 2.05) is 6.92 Å². The molecular weight excluding hydrogens is 128 g/mol. The van der Waals surface area contributed by atoms with Gasteiger partial charge in [0.05, 0.1) is 11.7 Å². The third-order valence-electron chi connectivity index (χ3n) is 1.52. The molecule has 0 saturated carbocycles. The van der Waals surface area contributed by atoms with Crippen LogP contribution in [-0.2, 0) is 0 Å². The van der Waals surface area contributed by atoms with Gasteiger partial charge in [-0.15, -0.1) is 0 Å². The Hall–Kier alpha value is -0.0800. The van der Waals surface area contributed by atoms with Crippen molar-refractivity contribution in [2.24, 2.45) is 0 Å². The Bertz CT molecular complexity index is 87.3. The van der Waals surface area contributed by atoms with Gasteiger partial charge in [-0.05, 0) is 20.3 Å². The summed E-state index contributed by atoms with van der Waals surface area (Å²) in [6.45, 7) is 5.49. The lowest BCUT2D eigenvalue weighted by atomic mass is 9.94. The van der Waals surface area contributed by atoms with Gasteiger partial charge in [-0.3, -0.25) is 0 Å². The Balaban J connectivity index is 3.63. The predicted molar refractivity (Wildman–Crippen MR) is 41.8 cm³/mol. The van der Waals surface area contributed by atoms with E-state index in [1.165, 1.54) is 0 Å². The first-order valence-electron chi connectivity index (χ1n) is 3.88. The van der Waals surface area contributed by atoms with Crippen molar-refractivity contribution in [2.75, 3.05) is 0 Å². The fourth-order valence-corrected chi connectivity index (χ4v) is 1.28. The second-order valence-corrected chi connectivity index (χ2v) is 3.30. The fraction of sp³-hybridized carbons (Fsp3) is 1.00. The maximum atomic E-state index is 9.52. The minimum atomic E-state index is -0.678. The number of hydrogen-bond donors (Lipinski definition) is 2. The van der Waals surface area contributed by atoms with E-state index in [4.69, 9.17) is 5.11 Å². The van der Waals surface area contributed by atoms with Gasteiger partial charge in [0.15, 0.2) is 0 Å². The van der Waals surface area contributed by atoms with Gasteiger partial charge in [0.25, 0.3) is 0 Å². The lowest BCUT2D eigenvalue weighted by molar-refractivity contribution is 0.00231. The van der Waals surface area contributed by atoms with E-state index in [9.17, 15) is 5.11 Å². The van der Waals surface area contributed by atoms with E-state index in [0.29, 0.717) is 6.42 Å². The summed E-state index contributed by atoms with van der Waals surface area (Å²) in [6, 6.07) is 0. The van der Waals surface area contributed by atoms with Crippen LogP contribution in [0.15, 0.2) is 0 Å². The van der Waals surface area contributed by atoms with Crippen LogP contribution in [-0.4, -0.2) is 21.9 Å². The predicted octanol–water partition coefficient (Wildman–Crippen LogP) is 1.31. The van der Waals surface area contributed by atoms with Crippen LogP contribution in [0.1, 0.15) is 40.0 Å². The van der Waals surface area contributed by atoms with Crippen LogP contribution in [0.3, 0.4) is 0 Å². The topological polar surface area (TPSA) is 40.5 Å². The van der Waals surface area contributed by atoms with Gasteiger partial charge in [0.2, 0.25) is 0 Å². The molecule has 0 aliphatic rings. The minimum absolute atomic E-state index is 0.401. The summed E-state index contributed by atoms with van der Waals surface area (Å²) in [5, 5.41) is 18.5. The molecule has 0 rings (SSSR count). The van der Waals surface area contributed by atoms with Crippen molar-refractivity contribution in [3.05, 3.63) is 0 Å². The molecule has 0 bridgehead atoms. The summed E-state index contributed by atoms with van der Waals surface area (Å²) in [5.74, 6) is 0. The first-order valence-corrected chi connectivity index (χ1v) is 3.88. The van der Waals surface area contributed by atoms with Gasteiger partial charge in [-0.1, -0.05) is 13.3 Å². The third kappa shape index (κ3) is 4.77. The second kappa shape index (κ2) is 3.94. The average Bonchev–Trinajstić information content (AvgIpc) is 1.59. The fourth-order valence-electron chi connectivity index (χ4n) is 1.28. The highest BCUT2D eigenvalue weighted by atomic mass is 16.3. The molecule has 2 N–H and O–H groups in total. The maximum Gasteiger partial charge on any atom is 0.0644 e. The second-order valence-electron chi connectivity index (χ2n) is 3.30. The highest BCUT2D eigenvalue weighted by molar-refractivity contribution is 4.73. The zero-order chi connectivity index (χ0) is 8.20. The van der Waals surface area contributed by atoms with Crippen molar-refractivity contribution in [2.45, 2.75) is 51.7 Å². The molecule has 2 heteroatoms. The van der Waals surface area contributed by atoms with E-state index in [0.717, 1.165) is 12.8 Å². The summed E-state index contributed by atoms with van der Waals surface area (Å²) in [4.78, 5) is 0. The van der Waals surface area contributed by atoms with Gasteiger partial charge in [0.1, 0.15) is 0 Å². The van der Waals surface area contributed by atoms with Gasteiger partial charge < -0.3 is 10.2 Å². The normalized spacial score (nSPS) is 20.1. The number of aliphatic hydroxyl groups is 2. The molecule has 2 unspecified atom stereocenters. The number of rotatable bonds is 4. The molecule has 0 heterocycles. The van der Waals surface area contributed by atoms with Crippen LogP contribution in [0.25, 0.3) is 0 Å². The van der Waals surface area contributed by atoms with Gasteiger partial charge >= 0.3 is 0 Å². The summed E-state index contributed by atoms with van der Waals surface area (Å²) >= 11 is 0. The SMILES string of the molecule is CCCC(C)(O)CC(C)O. The van der Waals surface area contributed by atoms with Crippen LogP contribution in [0.4, 0.5) is 0 Å². The van der Waals surface area contributed by atoms with Crippen molar-refractivity contribution in [3.8, 4) is 0 Å². The van der Waals surface area contributed by atoms with Crippen LogP contribution in [0, 0.1) is 0 Å². The Morgan fingerprint density at radius 3 is 2.30 bits per heavy atom. The van der Waals surface area contributed by atoms with Gasteiger partial charge in [0, 0.05) is 6.42 Å². The Morgan fingerprint density at radius 1 is 1.50 bits per heavy atom. The van der Waals surface area contributed by atoms with E-state index in [2.05, 4.69) is 0 Å². The van der Waals surface area contributed by atoms with Crippen molar-refractivity contribution in [1.29, 1.82) is 0 Å². The molecule has 0 amide bonds. The van der Waals surface area contributed by atoms with E-state index in [-0.39, 0.29) is 0 Å². The zero-order valence-corrected chi connectivity index (χ0v) is 7.09. The van der Waals surface area contributed by atoms with Crippen LogP contribution < -0.4 is 0 Å². The first-order chi connectivity index (χ1) is 4.48. The smallest absolute Gasteiger partial charge is 0.0644 e. The summed E-state index contributed by atoms with van der Waals surface area (Å²) in [7, 11) is 0. The Kier molecular flexibility index (Phi) is 3.91. The van der Waals surface area contributed by atoms with Crippen LogP contribution in [0.5, 0.6) is 0 Å². The van der Waals surface area contributed by atoms with E-state index >= 15 is 0 Å². The molecule has 0 aliphatic heterocycles. The Morgan fingerprint density at radius 2 is 2.00 bits per heavy atom. The highest BCUT2D eigenvalue weighted by Crippen LogP contribution is 2.17. The van der Waals surface area contributed by atoms with E-state index in [1.54, 1.807) is 13.8 Å². The average molecular weight is 146 g/mol. The molecule has 0 aromatic carbocycles. The zero-order valence-electron chi connectivity index (χ0n) is 7.09. The third-order valence-corrected chi connectivity index (χ3v) is 1.52. The molecule has 0 spiro atoms. The van der Waals surface area contributed by atoms with Crippen LogP contribution >= 0.6 is 0 Å². The summed E-state index contributed by atoms with van der Waals surface area (Å²) in [5.41, 5.74) is -0.678.